The summed E-state index contributed by atoms with van der Waals surface area (Å²) in [5, 5.41) is 9.38. The van der Waals surface area contributed by atoms with Gasteiger partial charge in [0, 0.05) is 18.3 Å². The fourth-order valence-electron chi connectivity index (χ4n) is 3.07. The van der Waals surface area contributed by atoms with E-state index in [9.17, 15) is 9.90 Å². The Morgan fingerprint density at radius 2 is 1.86 bits per heavy atom. The molecule has 2 aromatic carbocycles. The molecular weight excluding hydrogens is 262 g/mol. The molecule has 0 saturated heterocycles. The molecule has 1 N–H and O–H groups in total. The summed E-state index contributed by atoms with van der Waals surface area (Å²) in [6.07, 6.45) is 0.802. The fourth-order valence-corrected chi connectivity index (χ4v) is 3.07. The van der Waals surface area contributed by atoms with Crippen molar-refractivity contribution in [1.29, 1.82) is 0 Å². The highest BCUT2D eigenvalue weighted by Gasteiger charge is 2.35. The van der Waals surface area contributed by atoms with Crippen LogP contribution in [0.2, 0.25) is 0 Å². The summed E-state index contributed by atoms with van der Waals surface area (Å²) in [5.41, 5.74) is 3.61. The molecule has 0 amide bonds. The summed E-state index contributed by atoms with van der Waals surface area (Å²) >= 11 is 0. The Balaban J connectivity index is 1.93. The smallest absolute Gasteiger partial charge is 0.308 e. The molecule has 0 aliphatic carbocycles. The first kappa shape index (κ1) is 13.7. The largest absolute Gasteiger partial charge is 0.481 e. The lowest BCUT2D eigenvalue weighted by molar-refractivity contribution is -0.141. The molecule has 0 spiro atoms. The molecule has 3 rings (SSSR count). The first-order valence-electron chi connectivity index (χ1n) is 7.28. The predicted molar refractivity (Wildman–Crippen MR) is 83.4 cm³/mol. The molecule has 0 aromatic heterocycles. The van der Waals surface area contributed by atoms with Crippen molar-refractivity contribution in [2.75, 3.05) is 4.90 Å². The number of anilines is 1. The zero-order chi connectivity index (χ0) is 14.8. The Morgan fingerprint density at radius 3 is 2.57 bits per heavy atom. The van der Waals surface area contributed by atoms with E-state index in [0.717, 1.165) is 13.0 Å². The quantitative estimate of drug-likeness (QED) is 0.934. The van der Waals surface area contributed by atoms with Crippen molar-refractivity contribution in [3.63, 3.8) is 0 Å². The van der Waals surface area contributed by atoms with Gasteiger partial charge in [-0.15, -0.1) is 0 Å². The minimum absolute atomic E-state index is 0.0140. The molecule has 0 bridgehead atoms. The molecular formula is C18H19NO2. The number of nitrogens with zero attached hydrogens (tertiary/aromatic N) is 1. The van der Waals surface area contributed by atoms with E-state index in [1.807, 2.05) is 30.3 Å². The molecule has 21 heavy (non-hydrogen) atoms. The van der Waals surface area contributed by atoms with Gasteiger partial charge in [-0.25, -0.2) is 0 Å². The van der Waals surface area contributed by atoms with Crippen LogP contribution in [0.25, 0.3) is 0 Å². The Morgan fingerprint density at radius 1 is 1.19 bits per heavy atom. The molecule has 2 unspecified atom stereocenters. The monoisotopic (exact) mass is 281 g/mol. The van der Waals surface area contributed by atoms with E-state index in [0.29, 0.717) is 0 Å². The van der Waals surface area contributed by atoms with Crippen molar-refractivity contribution in [3.8, 4) is 0 Å². The molecule has 1 heterocycles. The summed E-state index contributed by atoms with van der Waals surface area (Å²) < 4.78 is 0. The van der Waals surface area contributed by atoms with E-state index in [-0.39, 0.29) is 12.0 Å². The second-order valence-electron chi connectivity index (χ2n) is 5.64. The Bertz CT molecular complexity index is 639. The average molecular weight is 281 g/mol. The van der Waals surface area contributed by atoms with E-state index in [1.54, 1.807) is 6.92 Å². The number of aliphatic carboxylic acids is 1. The molecule has 3 heteroatoms. The second-order valence-corrected chi connectivity index (χ2v) is 5.64. The molecule has 0 radical (unpaired) electrons. The van der Waals surface area contributed by atoms with E-state index < -0.39 is 5.97 Å². The molecule has 3 nitrogen and oxygen atoms in total. The van der Waals surface area contributed by atoms with Crippen LogP contribution in [-0.4, -0.2) is 17.1 Å². The Labute approximate surface area is 124 Å². The number of para-hydroxylation sites is 1. The number of carboxylic acid groups (broad SMARTS) is 1. The minimum Gasteiger partial charge on any atom is -0.481 e. The van der Waals surface area contributed by atoms with Crippen molar-refractivity contribution in [1.82, 2.24) is 0 Å². The highest BCUT2D eigenvalue weighted by molar-refractivity contribution is 5.73. The number of fused-ring (bicyclic) bond motifs is 1. The summed E-state index contributed by atoms with van der Waals surface area (Å²) in [7, 11) is 0. The summed E-state index contributed by atoms with van der Waals surface area (Å²) in [5.74, 6) is -1.12. The number of benzene rings is 2. The third-order valence-corrected chi connectivity index (χ3v) is 4.29. The van der Waals surface area contributed by atoms with E-state index in [1.165, 1.54) is 16.8 Å². The topological polar surface area (TPSA) is 40.5 Å². The fraction of sp³-hybridized carbons (Fsp3) is 0.278. The van der Waals surface area contributed by atoms with Crippen LogP contribution in [0.3, 0.4) is 0 Å². The van der Waals surface area contributed by atoms with Gasteiger partial charge in [0.05, 0.1) is 5.92 Å². The summed E-state index contributed by atoms with van der Waals surface area (Å²) in [6, 6.07) is 18.5. The maximum Gasteiger partial charge on any atom is 0.308 e. The molecule has 2 aromatic rings. The van der Waals surface area contributed by atoms with E-state index >= 15 is 0 Å². The van der Waals surface area contributed by atoms with Crippen molar-refractivity contribution in [2.24, 2.45) is 5.92 Å². The second kappa shape index (κ2) is 5.60. The minimum atomic E-state index is -0.731. The molecule has 108 valence electrons. The van der Waals surface area contributed by atoms with Crippen LogP contribution in [-0.2, 0) is 17.8 Å². The van der Waals surface area contributed by atoms with Gasteiger partial charge >= 0.3 is 5.97 Å². The Kier molecular flexibility index (Phi) is 3.65. The molecule has 0 saturated carbocycles. The lowest BCUT2D eigenvalue weighted by Gasteiger charge is -2.30. The van der Waals surface area contributed by atoms with E-state index in [2.05, 4.69) is 29.2 Å². The van der Waals surface area contributed by atoms with Crippen molar-refractivity contribution in [3.05, 3.63) is 65.7 Å². The zero-order valence-corrected chi connectivity index (χ0v) is 12.1. The number of carbonyl (C=O) groups is 1. The maximum atomic E-state index is 11.4. The maximum absolute atomic E-state index is 11.4. The van der Waals surface area contributed by atoms with Crippen LogP contribution in [0.1, 0.15) is 18.1 Å². The first-order chi connectivity index (χ1) is 10.2. The van der Waals surface area contributed by atoms with Crippen molar-refractivity contribution in [2.45, 2.75) is 25.9 Å². The molecule has 0 fully saturated rings. The van der Waals surface area contributed by atoms with Crippen LogP contribution in [0.4, 0.5) is 5.69 Å². The van der Waals surface area contributed by atoms with Crippen LogP contribution < -0.4 is 4.90 Å². The third-order valence-electron chi connectivity index (χ3n) is 4.29. The number of carboxylic acids is 1. The van der Waals surface area contributed by atoms with Crippen molar-refractivity contribution < 1.29 is 9.90 Å². The Hall–Kier alpha value is -2.29. The van der Waals surface area contributed by atoms with Gasteiger partial charge in [0.25, 0.3) is 0 Å². The van der Waals surface area contributed by atoms with E-state index in [4.69, 9.17) is 0 Å². The van der Waals surface area contributed by atoms with Crippen molar-refractivity contribution >= 4 is 11.7 Å². The number of hydrogen-bond donors (Lipinski definition) is 1. The summed E-state index contributed by atoms with van der Waals surface area (Å²) in [6.45, 7) is 2.55. The van der Waals surface area contributed by atoms with Gasteiger partial charge in [-0.3, -0.25) is 4.79 Å². The lowest BCUT2D eigenvalue weighted by atomic mass is 9.98. The SMILES string of the molecule is CC(C(=O)O)C1Cc2ccccc2N1Cc1ccccc1. The van der Waals surface area contributed by atoms with Gasteiger partial charge in [-0.2, -0.15) is 0 Å². The predicted octanol–water partition coefficient (Wildman–Crippen LogP) is 3.34. The lowest BCUT2D eigenvalue weighted by Crippen LogP contribution is -2.40. The van der Waals surface area contributed by atoms with Crippen LogP contribution in [0, 0.1) is 5.92 Å². The summed E-state index contributed by atoms with van der Waals surface area (Å²) in [4.78, 5) is 13.6. The first-order valence-corrected chi connectivity index (χ1v) is 7.28. The van der Waals surface area contributed by atoms with Crippen LogP contribution >= 0.6 is 0 Å². The molecule has 1 aliphatic rings. The van der Waals surface area contributed by atoms with Gasteiger partial charge in [0.15, 0.2) is 0 Å². The number of rotatable bonds is 4. The van der Waals surface area contributed by atoms with Crippen LogP contribution in [0.5, 0.6) is 0 Å². The average Bonchev–Trinajstić information content (AvgIpc) is 2.86. The zero-order valence-electron chi connectivity index (χ0n) is 12.1. The molecule has 1 aliphatic heterocycles. The van der Waals surface area contributed by atoms with Crippen LogP contribution in [0.15, 0.2) is 54.6 Å². The normalized spacial score (nSPS) is 18.3. The van der Waals surface area contributed by atoms with Gasteiger partial charge < -0.3 is 10.0 Å². The van der Waals surface area contributed by atoms with Gasteiger partial charge in [0.2, 0.25) is 0 Å². The number of hydrogen-bond acceptors (Lipinski definition) is 2. The van der Waals surface area contributed by atoms with Gasteiger partial charge in [-0.1, -0.05) is 48.5 Å². The third kappa shape index (κ3) is 2.64. The van der Waals surface area contributed by atoms with Gasteiger partial charge in [0.1, 0.15) is 0 Å². The highest BCUT2D eigenvalue weighted by Crippen LogP contribution is 2.36. The standard InChI is InChI=1S/C18H19NO2/c1-13(18(20)21)17-11-15-9-5-6-10-16(15)19(17)12-14-7-3-2-4-8-14/h2-10,13,17H,11-12H2,1H3,(H,20,21). The van der Waals surface area contributed by atoms with Gasteiger partial charge in [-0.05, 0) is 30.5 Å². The molecule has 2 atom stereocenters. The highest BCUT2D eigenvalue weighted by atomic mass is 16.4.